The fraction of sp³-hybridized carbons (Fsp3) is 0.421. The summed E-state index contributed by atoms with van der Waals surface area (Å²) in [7, 11) is 0. The van der Waals surface area contributed by atoms with Gasteiger partial charge < -0.3 is 10.6 Å². The van der Waals surface area contributed by atoms with Crippen LogP contribution in [0.15, 0.2) is 41.7 Å². The summed E-state index contributed by atoms with van der Waals surface area (Å²) in [5, 5.41) is 14.1. The van der Waals surface area contributed by atoms with Crippen molar-refractivity contribution in [1.29, 1.82) is 0 Å². The maximum absolute atomic E-state index is 12.3. The highest BCUT2D eigenvalue weighted by Gasteiger charge is 2.16. The Morgan fingerprint density at radius 3 is 2.76 bits per heavy atom. The van der Waals surface area contributed by atoms with Crippen LogP contribution in [0.5, 0.6) is 0 Å². The number of aryl methyl sites for hydroxylation is 2. The highest BCUT2D eigenvalue weighted by Crippen LogP contribution is 2.09. The number of nitrogens with one attached hydrogen (secondary N) is 2. The second kappa shape index (κ2) is 8.72. The molecule has 10 heteroatoms. The lowest BCUT2D eigenvalue weighted by Crippen LogP contribution is -2.36. The highest BCUT2D eigenvalue weighted by atomic mass is 16.2. The molecule has 0 saturated carbocycles. The van der Waals surface area contributed by atoms with Crippen LogP contribution >= 0.6 is 0 Å². The maximum atomic E-state index is 12.3. The van der Waals surface area contributed by atoms with Crippen LogP contribution < -0.4 is 16.3 Å². The van der Waals surface area contributed by atoms with E-state index in [1.807, 2.05) is 24.3 Å². The van der Waals surface area contributed by atoms with Gasteiger partial charge in [0.2, 0.25) is 0 Å². The van der Waals surface area contributed by atoms with Gasteiger partial charge in [0.15, 0.2) is 0 Å². The maximum Gasteiger partial charge on any atom is 0.345 e. The lowest BCUT2D eigenvalue weighted by molar-refractivity contribution is 0.240. The Kier molecular flexibility index (Phi) is 5.68. The van der Waals surface area contributed by atoms with Crippen LogP contribution in [0.3, 0.4) is 0 Å². The van der Waals surface area contributed by atoms with Crippen molar-refractivity contribution in [2.24, 2.45) is 0 Å². The van der Waals surface area contributed by atoms with E-state index in [9.17, 15) is 9.59 Å². The minimum Gasteiger partial charge on any atom is -0.338 e. The molecule has 0 radical (unpaired) electrons. The van der Waals surface area contributed by atoms with Crippen molar-refractivity contribution in [3.05, 3.63) is 58.8 Å². The van der Waals surface area contributed by atoms with Crippen molar-refractivity contribution in [3.63, 3.8) is 0 Å². The molecule has 10 nitrogen and oxygen atoms in total. The lowest BCUT2D eigenvalue weighted by atomic mass is 10.2. The standard InChI is InChI=1S/C19H24N8O2/c28-18(22-12-15-5-7-16(8-6-15)27-14-20-13-23-27)21-9-3-11-26-19(29)25-10-2-1-4-17(25)24-26/h5-8,13-14H,1-4,9-12H2,(H2,21,22,28). The van der Waals surface area contributed by atoms with Gasteiger partial charge in [-0.05, 0) is 37.0 Å². The van der Waals surface area contributed by atoms with Crippen LogP contribution in [-0.4, -0.2) is 41.7 Å². The summed E-state index contributed by atoms with van der Waals surface area (Å²) in [5.41, 5.74) is 1.85. The number of hydrogen-bond acceptors (Lipinski definition) is 5. The number of nitrogens with zero attached hydrogens (tertiary/aromatic N) is 6. The molecule has 152 valence electrons. The quantitative estimate of drug-likeness (QED) is 0.575. The molecule has 0 bridgehead atoms. The van der Waals surface area contributed by atoms with Crippen LogP contribution in [-0.2, 0) is 26.1 Å². The third-order valence-corrected chi connectivity index (χ3v) is 4.94. The molecule has 2 amide bonds. The molecule has 1 aliphatic rings. The normalized spacial score (nSPS) is 13.1. The van der Waals surface area contributed by atoms with Crippen LogP contribution in [0.1, 0.15) is 30.7 Å². The van der Waals surface area contributed by atoms with Crippen molar-refractivity contribution in [3.8, 4) is 5.69 Å². The van der Waals surface area contributed by atoms with Crippen LogP contribution in [0.4, 0.5) is 4.79 Å². The largest absolute Gasteiger partial charge is 0.345 e. The molecule has 1 aromatic carbocycles. The Bertz CT molecular complexity index is 1000. The number of carbonyl (C=O) groups excluding carboxylic acids is 1. The highest BCUT2D eigenvalue weighted by molar-refractivity contribution is 5.73. The van der Waals surface area contributed by atoms with Crippen LogP contribution in [0, 0.1) is 0 Å². The van der Waals surface area contributed by atoms with E-state index in [1.165, 1.54) is 11.0 Å². The van der Waals surface area contributed by atoms with Crippen molar-refractivity contribution < 1.29 is 4.79 Å². The predicted molar refractivity (Wildman–Crippen MR) is 106 cm³/mol. The fourth-order valence-corrected chi connectivity index (χ4v) is 3.38. The van der Waals surface area contributed by atoms with E-state index in [4.69, 9.17) is 0 Å². The number of carbonyl (C=O) groups is 1. The molecule has 29 heavy (non-hydrogen) atoms. The average molecular weight is 396 g/mol. The molecule has 0 atom stereocenters. The summed E-state index contributed by atoms with van der Waals surface area (Å²) in [6.07, 6.45) is 6.74. The smallest absolute Gasteiger partial charge is 0.338 e. The number of amides is 2. The van der Waals surface area contributed by atoms with Crippen molar-refractivity contribution in [1.82, 2.24) is 39.7 Å². The SMILES string of the molecule is O=C(NCCCn1nc2n(c1=O)CCCC2)NCc1ccc(-n2cncn2)cc1. The molecule has 0 saturated heterocycles. The van der Waals surface area contributed by atoms with Gasteiger partial charge in [0, 0.05) is 32.6 Å². The Balaban J connectivity index is 1.18. The van der Waals surface area contributed by atoms with Crippen molar-refractivity contribution in [2.75, 3.05) is 6.54 Å². The van der Waals surface area contributed by atoms with E-state index in [0.717, 1.165) is 42.9 Å². The number of benzene rings is 1. The molecule has 0 spiro atoms. The second-order valence-electron chi connectivity index (χ2n) is 7.00. The zero-order valence-corrected chi connectivity index (χ0v) is 16.1. The number of urea groups is 1. The van der Waals surface area contributed by atoms with Gasteiger partial charge in [-0.1, -0.05) is 12.1 Å². The summed E-state index contributed by atoms with van der Waals surface area (Å²) in [5.74, 6) is 0.877. The van der Waals surface area contributed by atoms with Gasteiger partial charge in [-0.3, -0.25) is 4.57 Å². The molecule has 2 N–H and O–H groups in total. The summed E-state index contributed by atoms with van der Waals surface area (Å²) < 4.78 is 4.94. The number of aromatic nitrogens is 6. The topological polar surface area (TPSA) is 112 Å². The molecule has 3 heterocycles. The third-order valence-electron chi connectivity index (χ3n) is 4.94. The zero-order chi connectivity index (χ0) is 20.1. The zero-order valence-electron chi connectivity index (χ0n) is 16.1. The minimum absolute atomic E-state index is 0.0431. The second-order valence-corrected chi connectivity index (χ2v) is 7.00. The molecule has 0 fully saturated rings. The summed E-state index contributed by atoms with van der Waals surface area (Å²) in [6, 6.07) is 7.48. The molecule has 1 aliphatic heterocycles. The molecule has 3 aromatic rings. The first-order valence-electron chi connectivity index (χ1n) is 9.83. The Labute approximate surface area is 167 Å². The fourth-order valence-electron chi connectivity index (χ4n) is 3.38. The minimum atomic E-state index is -0.234. The molecule has 4 rings (SSSR count). The van der Waals surface area contributed by atoms with E-state index in [1.54, 1.807) is 15.6 Å². The van der Waals surface area contributed by atoms with Gasteiger partial charge in [0.1, 0.15) is 18.5 Å². The van der Waals surface area contributed by atoms with E-state index in [0.29, 0.717) is 26.1 Å². The Morgan fingerprint density at radius 2 is 2.00 bits per heavy atom. The van der Waals surface area contributed by atoms with E-state index in [2.05, 4.69) is 25.8 Å². The number of hydrogen-bond donors (Lipinski definition) is 2. The molecular weight excluding hydrogens is 372 g/mol. The van der Waals surface area contributed by atoms with Gasteiger partial charge in [0.05, 0.1) is 5.69 Å². The Hall–Kier alpha value is -3.43. The van der Waals surface area contributed by atoms with Crippen LogP contribution in [0.2, 0.25) is 0 Å². The third kappa shape index (κ3) is 4.53. The Morgan fingerprint density at radius 1 is 1.14 bits per heavy atom. The first-order valence-corrected chi connectivity index (χ1v) is 9.83. The lowest BCUT2D eigenvalue weighted by Gasteiger charge is -2.09. The van der Waals surface area contributed by atoms with Gasteiger partial charge in [0.25, 0.3) is 0 Å². The average Bonchev–Trinajstić information content (AvgIpc) is 3.39. The van der Waals surface area contributed by atoms with E-state index < -0.39 is 0 Å². The van der Waals surface area contributed by atoms with E-state index in [-0.39, 0.29) is 11.7 Å². The van der Waals surface area contributed by atoms with E-state index >= 15 is 0 Å². The number of fused-ring (bicyclic) bond motifs is 1. The van der Waals surface area contributed by atoms with Crippen molar-refractivity contribution >= 4 is 6.03 Å². The number of rotatable bonds is 7. The first-order chi connectivity index (χ1) is 14.2. The summed E-state index contributed by atoms with van der Waals surface area (Å²) in [4.78, 5) is 28.1. The molecular formula is C19H24N8O2. The summed E-state index contributed by atoms with van der Waals surface area (Å²) >= 11 is 0. The summed E-state index contributed by atoms with van der Waals surface area (Å²) in [6.45, 7) is 2.17. The molecule has 0 aliphatic carbocycles. The monoisotopic (exact) mass is 396 g/mol. The molecule has 2 aromatic heterocycles. The van der Waals surface area contributed by atoms with Gasteiger partial charge in [-0.15, -0.1) is 0 Å². The van der Waals surface area contributed by atoms with Crippen molar-refractivity contribution in [2.45, 2.75) is 45.3 Å². The van der Waals surface area contributed by atoms with Gasteiger partial charge in [-0.25, -0.2) is 23.9 Å². The van der Waals surface area contributed by atoms with Gasteiger partial charge in [-0.2, -0.15) is 10.2 Å². The van der Waals surface area contributed by atoms with Gasteiger partial charge >= 0.3 is 11.7 Å². The first kappa shape index (κ1) is 18.9. The van der Waals surface area contributed by atoms with Crippen LogP contribution in [0.25, 0.3) is 5.69 Å². The predicted octanol–water partition coefficient (Wildman–Crippen LogP) is 0.851. The molecule has 0 unspecified atom stereocenters.